The standard InChI is InChI=1S/C16H20O3/c1-5-6-12-9-14(17-4)16-15(18-10-19-16)13(12)8-7-11(2)3/h5,7,9H,1,6,8,10H2,2-4H3. The summed E-state index contributed by atoms with van der Waals surface area (Å²) in [5.74, 6) is 2.26. The van der Waals surface area contributed by atoms with Crippen molar-refractivity contribution >= 4 is 0 Å². The van der Waals surface area contributed by atoms with Gasteiger partial charge in [-0.3, -0.25) is 0 Å². The molecule has 0 spiro atoms. The van der Waals surface area contributed by atoms with Crippen LogP contribution in [0.3, 0.4) is 0 Å². The molecule has 0 saturated carbocycles. The van der Waals surface area contributed by atoms with Gasteiger partial charge < -0.3 is 14.2 Å². The van der Waals surface area contributed by atoms with Crippen LogP contribution in [-0.4, -0.2) is 13.9 Å². The van der Waals surface area contributed by atoms with E-state index in [1.165, 1.54) is 11.1 Å². The normalized spacial score (nSPS) is 12.2. The molecule has 0 aromatic heterocycles. The monoisotopic (exact) mass is 260 g/mol. The summed E-state index contributed by atoms with van der Waals surface area (Å²) in [5, 5.41) is 0. The number of hydrogen-bond acceptors (Lipinski definition) is 3. The van der Waals surface area contributed by atoms with Crippen molar-refractivity contribution in [2.45, 2.75) is 26.7 Å². The third kappa shape index (κ3) is 2.75. The molecule has 0 radical (unpaired) electrons. The first-order valence-electron chi connectivity index (χ1n) is 6.40. The number of fused-ring (bicyclic) bond motifs is 1. The Balaban J connectivity index is 2.51. The summed E-state index contributed by atoms with van der Waals surface area (Å²) in [6.45, 7) is 8.25. The van der Waals surface area contributed by atoms with Crippen molar-refractivity contribution in [1.29, 1.82) is 0 Å². The Kier molecular flexibility index (Phi) is 4.15. The number of methoxy groups -OCH3 is 1. The Morgan fingerprint density at radius 3 is 2.68 bits per heavy atom. The third-order valence-corrected chi connectivity index (χ3v) is 3.10. The van der Waals surface area contributed by atoms with Crippen molar-refractivity contribution in [3.05, 3.63) is 41.5 Å². The van der Waals surface area contributed by atoms with Gasteiger partial charge in [0.05, 0.1) is 7.11 Å². The minimum absolute atomic E-state index is 0.255. The van der Waals surface area contributed by atoms with Gasteiger partial charge in [-0.2, -0.15) is 0 Å². The molecule has 0 amide bonds. The van der Waals surface area contributed by atoms with Crippen LogP contribution in [0.4, 0.5) is 0 Å². The maximum atomic E-state index is 5.63. The molecule has 102 valence electrons. The molecule has 0 atom stereocenters. The zero-order valence-electron chi connectivity index (χ0n) is 11.8. The van der Waals surface area contributed by atoms with Crippen LogP contribution in [-0.2, 0) is 12.8 Å². The first kappa shape index (κ1) is 13.5. The lowest BCUT2D eigenvalue weighted by Gasteiger charge is -2.13. The van der Waals surface area contributed by atoms with Crippen LogP contribution in [0.1, 0.15) is 25.0 Å². The van der Waals surface area contributed by atoms with Gasteiger partial charge in [0.2, 0.25) is 12.5 Å². The SMILES string of the molecule is C=CCc1cc(OC)c2c(c1CC=C(C)C)OCO2. The predicted octanol–water partition coefficient (Wildman–Crippen LogP) is 3.66. The minimum Gasteiger partial charge on any atom is -0.493 e. The first-order valence-corrected chi connectivity index (χ1v) is 6.40. The molecule has 3 heteroatoms. The summed E-state index contributed by atoms with van der Waals surface area (Å²) >= 11 is 0. The fourth-order valence-electron chi connectivity index (χ4n) is 2.16. The molecular formula is C16H20O3. The van der Waals surface area contributed by atoms with E-state index in [2.05, 4.69) is 26.5 Å². The van der Waals surface area contributed by atoms with Gasteiger partial charge in [-0.05, 0) is 38.3 Å². The van der Waals surface area contributed by atoms with E-state index in [1.54, 1.807) is 7.11 Å². The van der Waals surface area contributed by atoms with Crippen molar-refractivity contribution in [3.8, 4) is 17.2 Å². The Morgan fingerprint density at radius 2 is 2.05 bits per heavy atom. The van der Waals surface area contributed by atoms with Crippen LogP contribution in [0.2, 0.25) is 0 Å². The van der Waals surface area contributed by atoms with Crippen LogP contribution >= 0.6 is 0 Å². The number of benzene rings is 1. The molecule has 0 bridgehead atoms. The van der Waals surface area contributed by atoms with Crippen molar-refractivity contribution in [2.24, 2.45) is 0 Å². The minimum atomic E-state index is 0.255. The highest BCUT2D eigenvalue weighted by molar-refractivity contribution is 5.61. The van der Waals surface area contributed by atoms with Crippen molar-refractivity contribution in [3.63, 3.8) is 0 Å². The molecule has 1 aromatic carbocycles. The zero-order valence-corrected chi connectivity index (χ0v) is 11.8. The van der Waals surface area contributed by atoms with Gasteiger partial charge in [0.15, 0.2) is 11.5 Å². The summed E-state index contributed by atoms with van der Waals surface area (Å²) in [6.07, 6.45) is 5.71. The van der Waals surface area contributed by atoms with Crippen LogP contribution in [0.5, 0.6) is 17.2 Å². The molecule has 1 aromatic rings. The highest BCUT2D eigenvalue weighted by Crippen LogP contribution is 2.45. The fraction of sp³-hybridized carbons (Fsp3) is 0.375. The summed E-state index contributed by atoms with van der Waals surface area (Å²) < 4.78 is 16.5. The van der Waals surface area contributed by atoms with E-state index < -0.39 is 0 Å². The molecule has 0 N–H and O–H groups in total. The largest absolute Gasteiger partial charge is 0.493 e. The maximum Gasteiger partial charge on any atom is 0.231 e. The van der Waals surface area contributed by atoms with E-state index in [-0.39, 0.29) is 6.79 Å². The average Bonchev–Trinajstić information content (AvgIpc) is 2.85. The van der Waals surface area contributed by atoms with Crippen LogP contribution in [0.25, 0.3) is 0 Å². The number of rotatable bonds is 5. The Labute approximate surface area is 114 Å². The van der Waals surface area contributed by atoms with Crippen molar-refractivity contribution in [2.75, 3.05) is 13.9 Å². The number of hydrogen-bond donors (Lipinski definition) is 0. The van der Waals surface area contributed by atoms with E-state index in [9.17, 15) is 0 Å². The summed E-state index contributed by atoms with van der Waals surface area (Å²) in [5.41, 5.74) is 3.62. The third-order valence-electron chi connectivity index (χ3n) is 3.10. The van der Waals surface area contributed by atoms with E-state index in [0.717, 1.165) is 29.9 Å². The Morgan fingerprint density at radius 1 is 1.32 bits per heavy atom. The van der Waals surface area contributed by atoms with Gasteiger partial charge in [-0.25, -0.2) is 0 Å². The number of ether oxygens (including phenoxy) is 3. The molecule has 0 saturated heterocycles. The van der Waals surface area contributed by atoms with E-state index >= 15 is 0 Å². The van der Waals surface area contributed by atoms with Gasteiger partial charge in [0.25, 0.3) is 0 Å². The van der Waals surface area contributed by atoms with Crippen LogP contribution < -0.4 is 14.2 Å². The molecule has 2 rings (SSSR count). The Hall–Kier alpha value is -1.90. The average molecular weight is 260 g/mol. The maximum absolute atomic E-state index is 5.63. The highest BCUT2D eigenvalue weighted by atomic mass is 16.7. The van der Waals surface area contributed by atoms with Gasteiger partial charge in [-0.1, -0.05) is 17.7 Å². The van der Waals surface area contributed by atoms with Crippen LogP contribution in [0, 0.1) is 0 Å². The predicted molar refractivity (Wildman–Crippen MR) is 76.2 cm³/mol. The second-order valence-corrected chi connectivity index (χ2v) is 4.76. The van der Waals surface area contributed by atoms with Gasteiger partial charge in [0, 0.05) is 5.56 Å². The first-order chi connectivity index (χ1) is 9.17. The molecular weight excluding hydrogens is 240 g/mol. The summed E-state index contributed by atoms with van der Waals surface area (Å²) in [4.78, 5) is 0. The molecule has 0 fully saturated rings. The van der Waals surface area contributed by atoms with E-state index in [0.29, 0.717) is 5.75 Å². The van der Waals surface area contributed by atoms with Crippen LogP contribution in [0.15, 0.2) is 30.4 Å². The van der Waals surface area contributed by atoms with Gasteiger partial charge in [0.1, 0.15) is 0 Å². The van der Waals surface area contributed by atoms with Crippen molar-refractivity contribution in [1.82, 2.24) is 0 Å². The topological polar surface area (TPSA) is 27.7 Å². The Bertz CT molecular complexity index is 511. The second kappa shape index (κ2) is 5.83. The molecule has 0 unspecified atom stereocenters. The fourth-order valence-corrected chi connectivity index (χ4v) is 2.16. The molecule has 0 aliphatic carbocycles. The second-order valence-electron chi connectivity index (χ2n) is 4.76. The highest BCUT2D eigenvalue weighted by Gasteiger charge is 2.24. The molecule has 1 aliphatic heterocycles. The molecule has 1 aliphatic rings. The number of allylic oxidation sites excluding steroid dienone is 3. The van der Waals surface area contributed by atoms with E-state index in [1.807, 2.05) is 12.1 Å². The van der Waals surface area contributed by atoms with E-state index in [4.69, 9.17) is 14.2 Å². The van der Waals surface area contributed by atoms with Gasteiger partial charge >= 0.3 is 0 Å². The smallest absolute Gasteiger partial charge is 0.231 e. The lowest BCUT2D eigenvalue weighted by Crippen LogP contribution is -1.97. The summed E-state index contributed by atoms with van der Waals surface area (Å²) in [6, 6.07) is 2.02. The zero-order chi connectivity index (χ0) is 13.8. The lowest BCUT2D eigenvalue weighted by atomic mass is 9.98. The molecule has 1 heterocycles. The quantitative estimate of drug-likeness (QED) is 0.756. The molecule has 19 heavy (non-hydrogen) atoms. The molecule has 3 nitrogen and oxygen atoms in total. The summed E-state index contributed by atoms with van der Waals surface area (Å²) in [7, 11) is 1.64. The lowest BCUT2D eigenvalue weighted by molar-refractivity contribution is 0.170. The van der Waals surface area contributed by atoms with Crippen molar-refractivity contribution < 1.29 is 14.2 Å². The van der Waals surface area contributed by atoms with Gasteiger partial charge in [-0.15, -0.1) is 6.58 Å².